The Morgan fingerprint density at radius 3 is 2.43 bits per heavy atom. The lowest BCUT2D eigenvalue weighted by Crippen LogP contribution is -2.16. The maximum atomic E-state index is 13.6. The van der Waals surface area contributed by atoms with Gasteiger partial charge < -0.3 is 10.6 Å². The molecule has 0 spiro atoms. The molecule has 2 aromatic carbocycles. The molecule has 28 heavy (non-hydrogen) atoms. The molecular formula is C20H17F3N4O. The first kappa shape index (κ1) is 19.3. The molecule has 0 fully saturated rings. The van der Waals surface area contributed by atoms with Crippen LogP contribution in [0.2, 0.25) is 0 Å². The highest BCUT2D eigenvalue weighted by atomic mass is 19.2. The van der Waals surface area contributed by atoms with Crippen LogP contribution in [0.25, 0.3) is 0 Å². The van der Waals surface area contributed by atoms with Crippen molar-refractivity contribution in [1.82, 2.24) is 9.97 Å². The molecule has 144 valence electrons. The van der Waals surface area contributed by atoms with Crippen LogP contribution in [-0.4, -0.2) is 22.4 Å². The Labute approximate surface area is 159 Å². The molecular weight excluding hydrogens is 369 g/mol. The van der Waals surface area contributed by atoms with E-state index in [0.717, 1.165) is 25.0 Å². The molecule has 5 nitrogen and oxygen atoms in total. The number of carbonyl (C=O) groups is 1. The van der Waals surface area contributed by atoms with Crippen molar-refractivity contribution in [2.24, 2.45) is 0 Å². The van der Waals surface area contributed by atoms with E-state index in [1.807, 2.05) is 18.2 Å². The number of aromatic nitrogens is 2. The predicted molar refractivity (Wildman–Crippen MR) is 99.6 cm³/mol. The Bertz CT molecular complexity index is 950. The molecule has 0 aliphatic heterocycles. The number of hydrogen-bond acceptors (Lipinski definition) is 4. The molecule has 0 aliphatic rings. The Hall–Kier alpha value is -3.42. The zero-order valence-electron chi connectivity index (χ0n) is 14.8. The molecule has 0 saturated carbocycles. The summed E-state index contributed by atoms with van der Waals surface area (Å²) in [6, 6.07) is 11.7. The van der Waals surface area contributed by atoms with E-state index in [2.05, 4.69) is 32.7 Å². The summed E-state index contributed by atoms with van der Waals surface area (Å²) in [5, 5.41) is 5.24. The quantitative estimate of drug-likeness (QED) is 0.472. The standard InChI is InChI=1S/C20H17F3N4O/c21-14-8-9-15(19(23)18(14)22)27-20(28)16-11-26-17(12-25-16)24-10-4-7-13-5-2-1-3-6-13/h1-3,5-6,8-9,11-12H,4,7,10H2,(H,24,26)(H,27,28). The SMILES string of the molecule is O=C(Nc1ccc(F)c(F)c1F)c1cnc(NCCCc2ccccc2)cn1. The van der Waals surface area contributed by atoms with E-state index in [-0.39, 0.29) is 5.69 Å². The van der Waals surface area contributed by atoms with Gasteiger partial charge in [0.25, 0.3) is 5.91 Å². The average molecular weight is 386 g/mol. The van der Waals surface area contributed by atoms with Crippen LogP contribution in [0.4, 0.5) is 24.7 Å². The van der Waals surface area contributed by atoms with Gasteiger partial charge in [0.2, 0.25) is 0 Å². The minimum Gasteiger partial charge on any atom is -0.369 e. The highest BCUT2D eigenvalue weighted by Gasteiger charge is 2.16. The zero-order chi connectivity index (χ0) is 19.9. The number of anilines is 2. The molecule has 0 bridgehead atoms. The first-order valence-corrected chi connectivity index (χ1v) is 8.59. The number of benzene rings is 2. The maximum Gasteiger partial charge on any atom is 0.275 e. The molecule has 8 heteroatoms. The van der Waals surface area contributed by atoms with Gasteiger partial charge in [0.05, 0.1) is 18.1 Å². The summed E-state index contributed by atoms with van der Waals surface area (Å²) in [6.07, 6.45) is 4.40. The first-order chi connectivity index (χ1) is 13.5. The van der Waals surface area contributed by atoms with E-state index >= 15 is 0 Å². The zero-order valence-corrected chi connectivity index (χ0v) is 14.8. The van der Waals surface area contributed by atoms with Crippen LogP contribution in [0.5, 0.6) is 0 Å². The first-order valence-electron chi connectivity index (χ1n) is 8.59. The Balaban J connectivity index is 1.52. The molecule has 1 aromatic heterocycles. The lowest BCUT2D eigenvalue weighted by Gasteiger charge is -2.08. The number of amides is 1. The van der Waals surface area contributed by atoms with Crippen LogP contribution in [0.15, 0.2) is 54.9 Å². The smallest absolute Gasteiger partial charge is 0.275 e. The molecule has 1 heterocycles. The van der Waals surface area contributed by atoms with E-state index in [0.29, 0.717) is 12.4 Å². The van der Waals surface area contributed by atoms with E-state index in [9.17, 15) is 18.0 Å². The van der Waals surface area contributed by atoms with Crippen LogP contribution in [-0.2, 0) is 6.42 Å². The van der Waals surface area contributed by atoms with Crippen molar-refractivity contribution in [3.05, 3.63) is 83.6 Å². The molecule has 0 aliphatic carbocycles. The lowest BCUT2D eigenvalue weighted by molar-refractivity contribution is 0.102. The highest BCUT2D eigenvalue weighted by molar-refractivity contribution is 6.02. The third-order valence-electron chi connectivity index (χ3n) is 3.96. The lowest BCUT2D eigenvalue weighted by atomic mass is 10.1. The summed E-state index contributed by atoms with van der Waals surface area (Å²) in [7, 11) is 0. The topological polar surface area (TPSA) is 66.9 Å². The summed E-state index contributed by atoms with van der Waals surface area (Å²) >= 11 is 0. The molecule has 0 unspecified atom stereocenters. The van der Waals surface area contributed by atoms with Crippen LogP contribution in [0.3, 0.4) is 0 Å². The number of nitrogens with zero attached hydrogens (tertiary/aromatic N) is 2. The maximum absolute atomic E-state index is 13.6. The monoisotopic (exact) mass is 386 g/mol. The fourth-order valence-corrected chi connectivity index (χ4v) is 2.50. The minimum absolute atomic E-state index is 0.0843. The van der Waals surface area contributed by atoms with Gasteiger partial charge in [-0.3, -0.25) is 4.79 Å². The number of hydrogen-bond donors (Lipinski definition) is 2. The van der Waals surface area contributed by atoms with Crippen LogP contribution in [0, 0.1) is 17.5 Å². The highest BCUT2D eigenvalue weighted by Crippen LogP contribution is 2.20. The second kappa shape index (κ2) is 8.98. The number of halogens is 3. The van der Waals surface area contributed by atoms with Crippen molar-refractivity contribution in [1.29, 1.82) is 0 Å². The van der Waals surface area contributed by atoms with Crippen molar-refractivity contribution in [2.75, 3.05) is 17.2 Å². The van der Waals surface area contributed by atoms with Gasteiger partial charge >= 0.3 is 0 Å². The Kier molecular flexibility index (Phi) is 6.21. The third-order valence-corrected chi connectivity index (χ3v) is 3.96. The summed E-state index contributed by atoms with van der Waals surface area (Å²) in [5.74, 6) is -4.76. The number of nitrogens with one attached hydrogen (secondary N) is 2. The summed E-state index contributed by atoms with van der Waals surface area (Å²) < 4.78 is 39.8. The van der Waals surface area contributed by atoms with Crippen molar-refractivity contribution in [3.8, 4) is 0 Å². The van der Waals surface area contributed by atoms with Gasteiger partial charge in [0, 0.05) is 6.54 Å². The molecule has 3 aromatic rings. The van der Waals surface area contributed by atoms with E-state index in [1.165, 1.54) is 18.0 Å². The Morgan fingerprint density at radius 1 is 0.929 bits per heavy atom. The molecule has 2 N–H and O–H groups in total. The van der Waals surface area contributed by atoms with Crippen molar-refractivity contribution in [3.63, 3.8) is 0 Å². The van der Waals surface area contributed by atoms with Gasteiger partial charge in [0.1, 0.15) is 11.5 Å². The van der Waals surface area contributed by atoms with Gasteiger partial charge in [-0.15, -0.1) is 0 Å². The van der Waals surface area contributed by atoms with E-state index < -0.39 is 29.0 Å². The molecule has 3 rings (SSSR count). The number of rotatable bonds is 7. The van der Waals surface area contributed by atoms with Gasteiger partial charge in [-0.2, -0.15) is 0 Å². The number of aryl methyl sites for hydroxylation is 1. The average Bonchev–Trinajstić information content (AvgIpc) is 2.73. The van der Waals surface area contributed by atoms with Crippen LogP contribution < -0.4 is 10.6 Å². The fraction of sp³-hybridized carbons (Fsp3) is 0.150. The van der Waals surface area contributed by atoms with Gasteiger partial charge in [0.15, 0.2) is 17.5 Å². The second-order valence-electron chi connectivity index (χ2n) is 5.98. The van der Waals surface area contributed by atoms with Crippen molar-refractivity contribution >= 4 is 17.4 Å². The second-order valence-corrected chi connectivity index (χ2v) is 5.98. The minimum atomic E-state index is -1.65. The molecule has 0 radical (unpaired) electrons. The predicted octanol–water partition coefficient (Wildman–Crippen LogP) is 4.19. The van der Waals surface area contributed by atoms with Gasteiger partial charge in [-0.25, -0.2) is 23.1 Å². The fourth-order valence-electron chi connectivity index (χ4n) is 2.50. The van der Waals surface area contributed by atoms with Gasteiger partial charge in [-0.05, 0) is 30.5 Å². The summed E-state index contributed by atoms with van der Waals surface area (Å²) in [5.41, 5.74) is 0.680. The van der Waals surface area contributed by atoms with E-state index in [4.69, 9.17) is 0 Å². The van der Waals surface area contributed by atoms with Gasteiger partial charge in [-0.1, -0.05) is 30.3 Å². The normalized spacial score (nSPS) is 10.5. The van der Waals surface area contributed by atoms with E-state index in [1.54, 1.807) is 0 Å². The van der Waals surface area contributed by atoms with Crippen LogP contribution in [0.1, 0.15) is 22.5 Å². The molecule has 1 amide bonds. The van der Waals surface area contributed by atoms with Crippen molar-refractivity contribution < 1.29 is 18.0 Å². The van der Waals surface area contributed by atoms with Crippen LogP contribution >= 0.6 is 0 Å². The number of carbonyl (C=O) groups excluding carboxylic acids is 1. The molecule has 0 saturated heterocycles. The summed E-state index contributed by atoms with van der Waals surface area (Å²) in [4.78, 5) is 20.1. The third kappa shape index (κ3) is 4.85. The largest absolute Gasteiger partial charge is 0.369 e. The van der Waals surface area contributed by atoms with Crippen molar-refractivity contribution in [2.45, 2.75) is 12.8 Å². The summed E-state index contributed by atoms with van der Waals surface area (Å²) in [6.45, 7) is 0.676. The molecule has 0 atom stereocenters. The Morgan fingerprint density at radius 2 is 1.71 bits per heavy atom.